The molecule has 17 heavy (non-hydrogen) atoms. The van der Waals surface area contributed by atoms with Gasteiger partial charge in [0.05, 0.1) is 12.4 Å². The van der Waals surface area contributed by atoms with Gasteiger partial charge in [0.15, 0.2) is 0 Å². The molecule has 0 atom stereocenters. The molecule has 0 saturated heterocycles. The van der Waals surface area contributed by atoms with Crippen LogP contribution in [0.15, 0.2) is 0 Å². The molecule has 0 aliphatic carbocycles. The predicted molar refractivity (Wildman–Crippen MR) is 62.0 cm³/mol. The fourth-order valence-corrected chi connectivity index (χ4v) is 2.12. The van der Waals surface area contributed by atoms with E-state index in [0.717, 1.165) is 18.6 Å². The Bertz CT molecular complexity index is 224. The molecule has 0 aliphatic heterocycles. The lowest BCUT2D eigenvalue weighted by Gasteiger charge is -2.22. The van der Waals surface area contributed by atoms with E-state index in [1.807, 2.05) is 6.92 Å². The van der Waals surface area contributed by atoms with E-state index in [0.29, 0.717) is 4.90 Å². The number of carbonyl (C=O) groups is 1. The minimum atomic E-state index is -4.42. The molecular weight excluding hydrogens is 255 g/mol. The van der Waals surface area contributed by atoms with Crippen molar-refractivity contribution >= 4 is 17.7 Å². The summed E-state index contributed by atoms with van der Waals surface area (Å²) in [5.41, 5.74) is 0. The quantitative estimate of drug-likeness (QED) is 0.687. The van der Waals surface area contributed by atoms with Crippen molar-refractivity contribution in [1.82, 2.24) is 4.90 Å². The van der Waals surface area contributed by atoms with Crippen molar-refractivity contribution in [2.75, 3.05) is 31.2 Å². The number of alkyl halides is 3. The Balaban J connectivity index is 4.06. The monoisotopic (exact) mass is 273 g/mol. The first-order valence-electron chi connectivity index (χ1n) is 5.43. The van der Waals surface area contributed by atoms with Crippen molar-refractivity contribution in [3.63, 3.8) is 0 Å². The smallest absolute Gasteiger partial charge is 0.395 e. The van der Waals surface area contributed by atoms with E-state index >= 15 is 0 Å². The van der Waals surface area contributed by atoms with Gasteiger partial charge in [-0.2, -0.15) is 24.9 Å². The summed E-state index contributed by atoms with van der Waals surface area (Å²) in [5, 5.41) is 8.62. The summed E-state index contributed by atoms with van der Waals surface area (Å²) in [6.07, 6.45) is -2.49. The first kappa shape index (κ1) is 16.6. The molecule has 0 unspecified atom stereocenters. The molecule has 1 amide bonds. The van der Waals surface area contributed by atoms with E-state index in [1.165, 1.54) is 11.8 Å². The molecule has 7 heteroatoms. The van der Waals surface area contributed by atoms with E-state index in [1.54, 1.807) is 0 Å². The summed E-state index contributed by atoms with van der Waals surface area (Å²) in [5.74, 6) is 0.231. The van der Waals surface area contributed by atoms with Crippen molar-refractivity contribution in [3.05, 3.63) is 0 Å². The predicted octanol–water partition coefficient (Wildman–Crippen LogP) is 1.90. The Morgan fingerprint density at radius 3 is 2.53 bits per heavy atom. The van der Waals surface area contributed by atoms with Crippen LogP contribution in [-0.4, -0.2) is 53.3 Å². The number of rotatable bonds is 8. The van der Waals surface area contributed by atoms with E-state index in [2.05, 4.69) is 0 Å². The second kappa shape index (κ2) is 8.63. The molecule has 0 fully saturated rings. The maximum absolute atomic E-state index is 12.2. The summed E-state index contributed by atoms with van der Waals surface area (Å²) in [6.45, 7) is -0.0149. The van der Waals surface area contributed by atoms with Crippen LogP contribution >= 0.6 is 11.8 Å². The fraction of sp³-hybridized carbons (Fsp3) is 0.900. The lowest BCUT2D eigenvalue weighted by Crippen LogP contribution is -2.41. The highest BCUT2D eigenvalue weighted by Crippen LogP contribution is 2.17. The number of thioether (sulfide) groups is 1. The normalized spacial score (nSPS) is 11.6. The minimum Gasteiger partial charge on any atom is -0.395 e. The highest BCUT2D eigenvalue weighted by atomic mass is 32.2. The van der Waals surface area contributed by atoms with Gasteiger partial charge in [0.1, 0.15) is 6.54 Å². The molecule has 0 aromatic carbocycles. The molecule has 102 valence electrons. The van der Waals surface area contributed by atoms with E-state index in [-0.39, 0.29) is 12.3 Å². The van der Waals surface area contributed by atoms with Gasteiger partial charge < -0.3 is 10.0 Å². The van der Waals surface area contributed by atoms with Gasteiger partial charge in [0.25, 0.3) is 0 Å². The zero-order valence-corrected chi connectivity index (χ0v) is 10.6. The third-order valence-corrected chi connectivity index (χ3v) is 2.99. The lowest BCUT2D eigenvalue weighted by molar-refractivity contribution is -0.160. The molecule has 3 nitrogen and oxygen atoms in total. The molecule has 0 aromatic rings. The summed E-state index contributed by atoms with van der Waals surface area (Å²) >= 11 is 1.33. The first-order chi connectivity index (χ1) is 7.90. The number of hydrogen-bond acceptors (Lipinski definition) is 3. The largest absolute Gasteiger partial charge is 0.406 e. The SMILES string of the molecule is CCCCSCC(=O)N(CCO)CC(F)(F)F. The van der Waals surface area contributed by atoms with Gasteiger partial charge in [-0.15, -0.1) is 0 Å². The number of halogens is 3. The van der Waals surface area contributed by atoms with Gasteiger partial charge in [-0.05, 0) is 12.2 Å². The maximum Gasteiger partial charge on any atom is 0.406 e. The van der Waals surface area contributed by atoms with E-state index < -0.39 is 25.2 Å². The van der Waals surface area contributed by atoms with Gasteiger partial charge in [-0.25, -0.2) is 0 Å². The highest BCUT2D eigenvalue weighted by molar-refractivity contribution is 7.99. The molecular formula is C10H18F3NO2S. The van der Waals surface area contributed by atoms with Crippen LogP contribution < -0.4 is 0 Å². The van der Waals surface area contributed by atoms with Crippen LogP contribution in [0, 0.1) is 0 Å². The lowest BCUT2D eigenvalue weighted by atomic mass is 10.4. The number of nitrogens with zero attached hydrogens (tertiary/aromatic N) is 1. The van der Waals surface area contributed by atoms with Crippen LogP contribution in [0.1, 0.15) is 19.8 Å². The molecule has 0 radical (unpaired) electrons. The average molecular weight is 273 g/mol. The maximum atomic E-state index is 12.2. The third-order valence-electron chi connectivity index (χ3n) is 1.96. The molecule has 0 rings (SSSR count). The molecule has 0 spiro atoms. The number of hydrogen-bond donors (Lipinski definition) is 1. The summed E-state index contributed by atoms with van der Waals surface area (Å²) in [6, 6.07) is 0. The highest BCUT2D eigenvalue weighted by Gasteiger charge is 2.32. The van der Waals surface area contributed by atoms with Gasteiger partial charge >= 0.3 is 6.18 Å². The first-order valence-corrected chi connectivity index (χ1v) is 6.59. The number of aliphatic hydroxyl groups excluding tert-OH is 1. The zero-order chi connectivity index (χ0) is 13.3. The Hall–Kier alpha value is -0.430. The van der Waals surface area contributed by atoms with Crippen LogP contribution in [0.2, 0.25) is 0 Å². The number of aliphatic hydroxyl groups is 1. The van der Waals surface area contributed by atoms with Crippen molar-refractivity contribution in [3.8, 4) is 0 Å². The van der Waals surface area contributed by atoms with Gasteiger partial charge in [-0.3, -0.25) is 4.79 Å². The van der Waals surface area contributed by atoms with Crippen LogP contribution in [0.25, 0.3) is 0 Å². The van der Waals surface area contributed by atoms with Crippen molar-refractivity contribution in [2.24, 2.45) is 0 Å². The second-order valence-corrected chi connectivity index (χ2v) is 4.67. The Kier molecular flexibility index (Phi) is 8.41. The van der Waals surface area contributed by atoms with Gasteiger partial charge in [0, 0.05) is 6.54 Å². The Morgan fingerprint density at radius 2 is 2.06 bits per heavy atom. The summed E-state index contributed by atoms with van der Waals surface area (Å²) in [4.78, 5) is 12.1. The van der Waals surface area contributed by atoms with Crippen LogP contribution in [0.3, 0.4) is 0 Å². The second-order valence-electron chi connectivity index (χ2n) is 3.56. The molecule has 1 N–H and O–H groups in total. The number of unbranched alkanes of at least 4 members (excludes halogenated alkanes) is 1. The molecule has 0 saturated carbocycles. The zero-order valence-electron chi connectivity index (χ0n) is 9.79. The number of amides is 1. The molecule has 0 heterocycles. The van der Waals surface area contributed by atoms with Gasteiger partial charge in [0.2, 0.25) is 5.91 Å². The molecule has 0 bridgehead atoms. The van der Waals surface area contributed by atoms with Crippen LogP contribution in [0.4, 0.5) is 13.2 Å². The number of carbonyl (C=O) groups excluding carboxylic acids is 1. The minimum absolute atomic E-state index is 0.0378. The van der Waals surface area contributed by atoms with Crippen molar-refractivity contribution in [2.45, 2.75) is 25.9 Å². The van der Waals surface area contributed by atoms with E-state index in [9.17, 15) is 18.0 Å². The van der Waals surface area contributed by atoms with E-state index in [4.69, 9.17) is 5.11 Å². The van der Waals surface area contributed by atoms with Crippen molar-refractivity contribution < 1.29 is 23.1 Å². The van der Waals surface area contributed by atoms with Gasteiger partial charge in [-0.1, -0.05) is 13.3 Å². The Morgan fingerprint density at radius 1 is 1.41 bits per heavy atom. The third kappa shape index (κ3) is 9.29. The van der Waals surface area contributed by atoms with Crippen LogP contribution in [0.5, 0.6) is 0 Å². The summed E-state index contributed by atoms with van der Waals surface area (Å²) in [7, 11) is 0. The molecule has 0 aromatic heterocycles. The standard InChI is InChI=1S/C10H18F3NO2S/c1-2-3-6-17-7-9(16)14(4-5-15)8-10(11,12)13/h15H,2-8H2,1H3. The fourth-order valence-electron chi connectivity index (χ4n) is 1.13. The molecule has 0 aliphatic rings. The van der Waals surface area contributed by atoms with Crippen molar-refractivity contribution in [1.29, 1.82) is 0 Å². The Labute approximate surface area is 103 Å². The average Bonchev–Trinajstić information content (AvgIpc) is 2.21. The van der Waals surface area contributed by atoms with Crippen LogP contribution in [-0.2, 0) is 4.79 Å². The topological polar surface area (TPSA) is 40.5 Å². The summed E-state index contributed by atoms with van der Waals surface area (Å²) < 4.78 is 36.5.